The summed E-state index contributed by atoms with van der Waals surface area (Å²) in [5.41, 5.74) is 0.189. The number of nitrogens with zero attached hydrogens (tertiary/aromatic N) is 3. The first-order valence-electron chi connectivity index (χ1n) is 14.7. The average molecular weight is 775 g/mol. The monoisotopic (exact) mass is 774 g/mol. The molecule has 0 bridgehead atoms. The number of ether oxygens (including phenoxy) is 4. The Morgan fingerprint density at radius 1 is 0.938 bits per heavy atom. The number of aryl methyl sites for hydroxylation is 1. The number of pyridine rings is 3. The van der Waals surface area contributed by atoms with E-state index in [2.05, 4.69) is 20.3 Å². The van der Waals surface area contributed by atoms with Crippen LogP contribution in [0.3, 0.4) is 0 Å². The molecule has 250 valence electrons. The van der Waals surface area contributed by atoms with Crippen molar-refractivity contribution in [2.75, 3.05) is 13.2 Å². The molecule has 3 aromatic rings. The van der Waals surface area contributed by atoms with Crippen LogP contribution in [0.4, 0.5) is 8.78 Å². The second-order valence-electron chi connectivity index (χ2n) is 10.5. The van der Waals surface area contributed by atoms with Crippen LogP contribution in [0, 0.1) is 12.9 Å². The van der Waals surface area contributed by atoms with E-state index < -0.39 is 90.8 Å². The van der Waals surface area contributed by atoms with Crippen molar-refractivity contribution in [3.05, 3.63) is 111 Å². The normalized spacial score (nSPS) is 20.6. The fraction of sp³-hybridized carbons (Fsp3) is 0.273. The van der Waals surface area contributed by atoms with Gasteiger partial charge in [0.05, 0.1) is 23.3 Å². The van der Waals surface area contributed by atoms with Crippen molar-refractivity contribution in [2.24, 2.45) is 0 Å². The highest BCUT2D eigenvalue weighted by Gasteiger charge is 2.41. The predicted molar refractivity (Wildman–Crippen MR) is 174 cm³/mol. The molecule has 0 spiro atoms. The summed E-state index contributed by atoms with van der Waals surface area (Å²) in [6, 6.07) is 7.62. The molecule has 2 aliphatic rings. The van der Waals surface area contributed by atoms with Gasteiger partial charge >= 0.3 is 17.9 Å². The summed E-state index contributed by atoms with van der Waals surface area (Å²) in [5, 5.41) is 2.84. The molecule has 15 heteroatoms. The zero-order valence-electron chi connectivity index (χ0n) is 25.4. The Balaban J connectivity index is 1.43. The molecule has 0 aliphatic carbocycles. The highest BCUT2D eigenvalue weighted by molar-refractivity contribution is 14.2. The van der Waals surface area contributed by atoms with Gasteiger partial charge in [-0.3, -0.25) is 14.8 Å². The topological polar surface area (TPSA) is 156 Å². The smallest absolute Gasteiger partial charge is 0.342 e. The molecule has 1 amide bonds. The third-order valence-corrected chi connectivity index (χ3v) is 9.23. The van der Waals surface area contributed by atoms with Crippen LogP contribution in [-0.2, 0) is 23.7 Å². The molecule has 0 aromatic carbocycles. The van der Waals surface area contributed by atoms with Crippen molar-refractivity contribution >= 4 is 48.3 Å². The maximum absolute atomic E-state index is 14.3. The van der Waals surface area contributed by atoms with E-state index in [1.54, 1.807) is 35.3 Å². The Hall–Kier alpha value is -4.77. The van der Waals surface area contributed by atoms with Crippen molar-refractivity contribution in [3.8, 4) is 0 Å². The van der Waals surface area contributed by atoms with Crippen LogP contribution < -0.4 is 5.32 Å². The van der Waals surface area contributed by atoms with Crippen molar-refractivity contribution in [2.45, 2.75) is 44.1 Å². The number of esters is 3. The predicted octanol–water partition coefficient (Wildman–Crippen LogP) is 4.11. The zero-order chi connectivity index (χ0) is 34.0. The molecule has 0 radical (unpaired) electrons. The highest BCUT2D eigenvalue weighted by Crippen LogP contribution is 2.26. The summed E-state index contributed by atoms with van der Waals surface area (Å²) >= 11 is -1.07. The Bertz CT molecular complexity index is 1770. The Morgan fingerprint density at radius 2 is 1.69 bits per heavy atom. The van der Waals surface area contributed by atoms with Gasteiger partial charge in [-0.25, -0.2) is 19.4 Å². The van der Waals surface area contributed by atoms with E-state index in [1.807, 2.05) is 0 Å². The van der Waals surface area contributed by atoms with Gasteiger partial charge in [0.25, 0.3) is 5.91 Å². The Morgan fingerprint density at radius 3 is 2.42 bits per heavy atom. The van der Waals surface area contributed by atoms with Gasteiger partial charge < -0.3 is 24.3 Å². The molecule has 1 N–H and O–H groups in total. The maximum atomic E-state index is 14.3. The van der Waals surface area contributed by atoms with Gasteiger partial charge in [-0.05, 0) is 66.3 Å². The van der Waals surface area contributed by atoms with Crippen molar-refractivity contribution in [1.82, 2.24) is 20.3 Å². The number of aromatic nitrogens is 3. The average Bonchev–Trinajstić information content (AvgIpc) is 3.25. The van der Waals surface area contributed by atoms with Gasteiger partial charge in [-0.1, -0.05) is 26.8 Å². The lowest BCUT2D eigenvalue weighted by atomic mass is 10.00. The maximum Gasteiger partial charge on any atom is 0.342 e. The minimum Gasteiger partial charge on any atom is -0.459 e. The minimum atomic E-state index is -1.21. The van der Waals surface area contributed by atoms with E-state index in [9.17, 15) is 28.0 Å². The number of carbonyl (C=O) groups is 4. The molecule has 2 aliphatic heterocycles. The summed E-state index contributed by atoms with van der Waals surface area (Å²) in [7, 11) is 0. The van der Waals surface area contributed by atoms with Crippen LogP contribution in [-0.4, -0.2) is 80.1 Å². The molecule has 12 nitrogen and oxygen atoms in total. The van der Waals surface area contributed by atoms with E-state index in [0.717, 1.165) is 0 Å². The summed E-state index contributed by atoms with van der Waals surface area (Å²) in [4.78, 5) is 63.9. The quantitative estimate of drug-likeness (QED) is 0.137. The van der Waals surface area contributed by atoms with Gasteiger partial charge in [0.1, 0.15) is 36.6 Å². The number of amides is 1. The summed E-state index contributed by atoms with van der Waals surface area (Å²) in [6.07, 6.45) is 5.53. The first-order chi connectivity index (χ1) is 23.2. The van der Waals surface area contributed by atoms with Gasteiger partial charge in [-0.15, -0.1) is 0 Å². The van der Waals surface area contributed by atoms with E-state index in [4.69, 9.17) is 18.9 Å². The molecule has 0 unspecified atom stereocenters. The molecule has 4 atom stereocenters. The summed E-state index contributed by atoms with van der Waals surface area (Å²) < 4.78 is 52.7. The third-order valence-electron chi connectivity index (χ3n) is 7.32. The number of nitrogens with one attached hydrogen (secondary N) is 1. The largest absolute Gasteiger partial charge is 0.459 e. The number of hydrogen-bond donors (Lipinski definition) is 1. The van der Waals surface area contributed by atoms with Crippen molar-refractivity contribution in [3.63, 3.8) is 0 Å². The summed E-state index contributed by atoms with van der Waals surface area (Å²) in [5.74, 6) is -4.30. The number of hydrogen-bond acceptors (Lipinski definition) is 11. The fourth-order valence-electron chi connectivity index (χ4n) is 4.91. The fourth-order valence-corrected chi connectivity index (χ4v) is 6.37. The van der Waals surface area contributed by atoms with Crippen molar-refractivity contribution < 1.29 is 46.9 Å². The van der Waals surface area contributed by atoms with Gasteiger partial charge in [-0.2, -0.15) is 8.78 Å². The molecule has 48 heavy (non-hydrogen) atoms. The standard InChI is InChI=1S/C33H29F2IN4O8/c1-19-22(8-4-14-38-19)30(41)40-27-25(48-31(42)20-6-3-13-37-16-20)11-10-21(17-45-32(43)23-7-2-12-36-28(23)34)47-26(27)18-46-33(44)24-9-5-15-39-29(24)35/h2-9,12-16,21,25-27H,10-11,17-18H2,1H3,(H,40,41)/t21-,25-,26-,27+/m1/s1. The number of rotatable bonds is 10. The highest BCUT2D eigenvalue weighted by atomic mass is 127. The Labute approximate surface area is 283 Å². The molecule has 0 saturated carbocycles. The van der Waals surface area contributed by atoms with E-state index in [1.165, 1.54) is 49.1 Å². The second kappa shape index (κ2) is 16.4. The van der Waals surface area contributed by atoms with E-state index in [-0.39, 0.29) is 36.1 Å². The molecule has 1 fully saturated rings. The number of halogens is 3. The van der Waals surface area contributed by atoms with Crippen LogP contribution in [0.15, 0.2) is 83.0 Å². The van der Waals surface area contributed by atoms with Gasteiger partial charge in [0, 0.05) is 30.5 Å². The lowest BCUT2D eigenvalue weighted by Crippen LogP contribution is -2.54. The van der Waals surface area contributed by atoms with Crippen LogP contribution >= 0.6 is 20.7 Å². The number of carbonyl (C=O) groups excluding carboxylic acids is 4. The number of allylic oxidation sites excluding steroid dienone is 2. The molecular weight excluding hydrogens is 745 g/mol. The molecular formula is C33H29F2IN4O8. The Kier molecular flexibility index (Phi) is 11.8. The van der Waals surface area contributed by atoms with Crippen LogP contribution in [0.25, 0.3) is 0 Å². The van der Waals surface area contributed by atoms with Crippen LogP contribution in [0.5, 0.6) is 0 Å². The molecule has 5 heterocycles. The summed E-state index contributed by atoms with van der Waals surface area (Å²) in [6.45, 7) is 0.765. The molecule has 5 rings (SSSR count). The van der Waals surface area contributed by atoms with Gasteiger partial charge in [0.15, 0.2) is 3.76 Å². The SMILES string of the molecule is Cc1ncccc1C(=O)N[C@H]1[C@H](OC(=O)c2cccnc2)CC[C@H](COC(=O)C2=CC=CI=C2F)O[C@@H]1COC(=O)c1cccnc1F. The van der Waals surface area contributed by atoms with E-state index in [0.29, 0.717) is 5.69 Å². The van der Waals surface area contributed by atoms with Crippen molar-refractivity contribution in [1.29, 1.82) is 0 Å². The second-order valence-corrected chi connectivity index (χ2v) is 12.8. The lowest BCUT2D eigenvalue weighted by Gasteiger charge is -2.32. The van der Waals surface area contributed by atoms with Gasteiger partial charge in [0.2, 0.25) is 5.95 Å². The lowest BCUT2D eigenvalue weighted by molar-refractivity contribution is -0.145. The molecule has 3 aromatic heterocycles. The first kappa shape index (κ1) is 34.6. The minimum absolute atomic E-state index is 0.101. The first-order valence-corrected chi connectivity index (χ1v) is 17.0. The zero-order valence-corrected chi connectivity index (χ0v) is 27.5. The third kappa shape index (κ3) is 8.77. The van der Waals surface area contributed by atoms with Crippen LogP contribution in [0.2, 0.25) is 0 Å². The molecule has 1 saturated heterocycles. The van der Waals surface area contributed by atoms with E-state index >= 15 is 0 Å². The van der Waals surface area contributed by atoms with Crippen LogP contribution in [0.1, 0.15) is 49.6 Å².